The van der Waals surface area contributed by atoms with Gasteiger partial charge in [0.25, 0.3) is 0 Å². The first-order valence-corrected chi connectivity index (χ1v) is 5.71. The van der Waals surface area contributed by atoms with Crippen LogP contribution in [0.2, 0.25) is 0 Å². The van der Waals surface area contributed by atoms with Crippen molar-refractivity contribution in [3.63, 3.8) is 0 Å². The van der Waals surface area contributed by atoms with Gasteiger partial charge in [0.15, 0.2) is 0 Å². The zero-order valence-electron chi connectivity index (χ0n) is 10.5. The Morgan fingerprint density at radius 2 is 2.24 bits per heavy atom. The van der Waals surface area contributed by atoms with E-state index in [4.69, 9.17) is 11.2 Å². The summed E-state index contributed by atoms with van der Waals surface area (Å²) in [5, 5.41) is 13.2. The largest absolute Gasteiger partial charge is 0.507 e. The van der Waals surface area contributed by atoms with Crippen molar-refractivity contribution in [1.29, 1.82) is 0 Å². The van der Waals surface area contributed by atoms with E-state index in [1.165, 1.54) is 0 Å². The number of terminal acetylenes is 1. The van der Waals surface area contributed by atoms with E-state index in [9.17, 15) is 5.11 Å². The molecule has 0 fully saturated rings. The topological polar surface area (TPSA) is 41.5 Å². The first-order valence-electron chi connectivity index (χ1n) is 5.71. The van der Waals surface area contributed by atoms with Crippen LogP contribution in [0, 0.1) is 12.3 Å². The number of ether oxygens (including phenoxy) is 1. The van der Waals surface area contributed by atoms with Crippen molar-refractivity contribution < 1.29 is 9.84 Å². The van der Waals surface area contributed by atoms with Crippen molar-refractivity contribution in [2.45, 2.75) is 32.4 Å². The highest BCUT2D eigenvalue weighted by Gasteiger charge is 2.13. The maximum absolute atomic E-state index is 9.88. The van der Waals surface area contributed by atoms with Crippen LogP contribution in [-0.4, -0.2) is 18.3 Å². The van der Waals surface area contributed by atoms with Crippen molar-refractivity contribution in [3.05, 3.63) is 23.8 Å². The van der Waals surface area contributed by atoms with E-state index < -0.39 is 0 Å². The summed E-state index contributed by atoms with van der Waals surface area (Å²) >= 11 is 0. The maximum Gasteiger partial charge on any atom is 0.124 e. The Balaban J connectivity index is 2.82. The molecule has 0 aliphatic rings. The number of aromatic hydroxyl groups is 1. The van der Waals surface area contributed by atoms with E-state index in [2.05, 4.69) is 11.2 Å². The van der Waals surface area contributed by atoms with Crippen LogP contribution in [0.3, 0.4) is 0 Å². The van der Waals surface area contributed by atoms with E-state index in [0.29, 0.717) is 5.75 Å². The molecule has 92 valence electrons. The fourth-order valence-corrected chi connectivity index (χ4v) is 1.69. The number of nitrogens with one attached hydrogen (secondary N) is 1. The molecule has 3 nitrogen and oxygen atoms in total. The van der Waals surface area contributed by atoms with Gasteiger partial charge >= 0.3 is 0 Å². The number of benzene rings is 1. The summed E-state index contributed by atoms with van der Waals surface area (Å²) in [5.41, 5.74) is 0.819. The van der Waals surface area contributed by atoms with E-state index >= 15 is 0 Å². The van der Waals surface area contributed by atoms with Gasteiger partial charge in [-0.1, -0.05) is 18.9 Å². The van der Waals surface area contributed by atoms with Gasteiger partial charge in [-0.2, -0.15) is 0 Å². The van der Waals surface area contributed by atoms with Crippen molar-refractivity contribution >= 4 is 0 Å². The molecule has 2 unspecified atom stereocenters. The third kappa shape index (κ3) is 3.40. The SMILES string of the molecule is C#CC(CC)NC(C)c1ccc(OC)cc1O. The predicted octanol–water partition coefficient (Wildman–Crippen LogP) is 2.46. The molecule has 0 saturated carbocycles. The fourth-order valence-electron chi connectivity index (χ4n) is 1.69. The molecule has 0 heterocycles. The maximum atomic E-state index is 9.88. The first kappa shape index (κ1) is 13.4. The molecule has 0 aliphatic carbocycles. The summed E-state index contributed by atoms with van der Waals surface area (Å²) in [6.07, 6.45) is 6.26. The van der Waals surface area contributed by atoms with Crippen LogP contribution in [0.25, 0.3) is 0 Å². The Morgan fingerprint density at radius 1 is 1.53 bits per heavy atom. The van der Waals surface area contributed by atoms with Crippen molar-refractivity contribution in [3.8, 4) is 23.8 Å². The summed E-state index contributed by atoms with van der Waals surface area (Å²) in [4.78, 5) is 0. The quantitative estimate of drug-likeness (QED) is 0.768. The van der Waals surface area contributed by atoms with Crippen LogP contribution in [0.1, 0.15) is 31.9 Å². The molecule has 17 heavy (non-hydrogen) atoms. The number of hydrogen-bond donors (Lipinski definition) is 2. The average molecular weight is 233 g/mol. The van der Waals surface area contributed by atoms with E-state index in [1.807, 2.05) is 26.0 Å². The van der Waals surface area contributed by atoms with Crippen LogP contribution < -0.4 is 10.1 Å². The molecule has 0 amide bonds. The molecule has 1 aromatic carbocycles. The number of phenols is 1. The van der Waals surface area contributed by atoms with Crippen molar-refractivity contribution in [2.24, 2.45) is 0 Å². The molecule has 1 rings (SSSR count). The molecule has 2 atom stereocenters. The van der Waals surface area contributed by atoms with Gasteiger partial charge < -0.3 is 9.84 Å². The second-order valence-corrected chi connectivity index (χ2v) is 3.94. The van der Waals surface area contributed by atoms with Crippen molar-refractivity contribution in [1.82, 2.24) is 5.32 Å². The predicted molar refractivity (Wildman–Crippen MR) is 69.1 cm³/mol. The van der Waals surface area contributed by atoms with E-state index in [0.717, 1.165) is 12.0 Å². The normalized spacial score (nSPS) is 13.8. The molecule has 2 N–H and O–H groups in total. The lowest BCUT2D eigenvalue weighted by molar-refractivity contribution is 0.402. The van der Waals surface area contributed by atoms with Gasteiger partial charge in [0, 0.05) is 17.7 Å². The molecule has 0 aliphatic heterocycles. The van der Waals surface area contributed by atoms with Gasteiger partial charge in [-0.25, -0.2) is 0 Å². The molecular formula is C14H19NO2. The zero-order chi connectivity index (χ0) is 12.8. The lowest BCUT2D eigenvalue weighted by Gasteiger charge is -2.19. The summed E-state index contributed by atoms with van der Waals surface area (Å²) < 4.78 is 5.04. The lowest BCUT2D eigenvalue weighted by Crippen LogP contribution is -2.29. The fraction of sp³-hybridized carbons (Fsp3) is 0.429. The highest BCUT2D eigenvalue weighted by atomic mass is 16.5. The molecule has 0 bridgehead atoms. The Labute approximate surface area is 103 Å². The minimum Gasteiger partial charge on any atom is -0.507 e. The standard InChI is InChI=1S/C14H19NO2/c1-5-11(6-2)15-10(3)13-8-7-12(17-4)9-14(13)16/h1,7-11,15-16H,6H2,2-4H3. The minimum atomic E-state index is 0.00176. The highest BCUT2D eigenvalue weighted by molar-refractivity contribution is 5.41. The van der Waals surface area contributed by atoms with Gasteiger partial charge in [0.1, 0.15) is 11.5 Å². The number of phenolic OH excluding ortho intramolecular Hbond substituents is 1. The second kappa shape index (κ2) is 6.17. The summed E-state index contributed by atoms with van der Waals surface area (Å²) in [7, 11) is 1.57. The first-order chi connectivity index (χ1) is 8.12. The molecule has 0 saturated heterocycles. The Bertz CT molecular complexity index is 409. The molecule has 0 aromatic heterocycles. The van der Waals surface area contributed by atoms with Crippen molar-refractivity contribution in [2.75, 3.05) is 7.11 Å². The number of methoxy groups -OCH3 is 1. The van der Waals surface area contributed by atoms with Crippen LogP contribution in [0.4, 0.5) is 0 Å². The molecular weight excluding hydrogens is 214 g/mol. The Kier molecular flexibility index (Phi) is 4.86. The second-order valence-electron chi connectivity index (χ2n) is 3.94. The van der Waals surface area contributed by atoms with E-state index in [-0.39, 0.29) is 17.8 Å². The van der Waals surface area contributed by atoms with E-state index in [1.54, 1.807) is 13.2 Å². The van der Waals surface area contributed by atoms with Crippen LogP contribution in [0.5, 0.6) is 11.5 Å². The summed E-state index contributed by atoms with van der Waals surface area (Å²) in [6, 6.07) is 5.29. The smallest absolute Gasteiger partial charge is 0.124 e. The highest BCUT2D eigenvalue weighted by Crippen LogP contribution is 2.28. The lowest BCUT2D eigenvalue weighted by atomic mass is 10.1. The average Bonchev–Trinajstić information content (AvgIpc) is 2.35. The molecule has 3 heteroatoms. The van der Waals surface area contributed by atoms with Crippen LogP contribution in [-0.2, 0) is 0 Å². The van der Waals surface area contributed by atoms with Gasteiger partial charge in [-0.3, -0.25) is 5.32 Å². The third-order valence-corrected chi connectivity index (χ3v) is 2.76. The monoisotopic (exact) mass is 233 g/mol. The van der Waals surface area contributed by atoms with Crippen LogP contribution in [0.15, 0.2) is 18.2 Å². The number of hydrogen-bond acceptors (Lipinski definition) is 3. The van der Waals surface area contributed by atoms with Gasteiger partial charge in [-0.05, 0) is 19.4 Å². The Hall–Kier alpha value is -1.66. The zero-order valence-corrected chi connectivity index (χ0v) is 10.5. The summed E-state index contributed by atoms with van der Waals surface area (Å²) in [5.74, 6) is 3.54. The van der Waals surface area contributed by atoms with Gasteiger partial charge in [0.05, 0.1) is 13.2 Å². The summed E-state index contributed by atoms with van der Waals surface area (Å²) in [6.45, 7) is 4.00. The molecule has 1 aromatic rings. The Morgan fingerprint density at radius 3 is 2.71 bits per heavy atom. The third-order valence-electron chi connectivity index (χ3n) is 2.76. The minimum absolute atomic E-state index is 0.00176. The molecule has 0 radical (unpaired) electrons. The van der Waals surface area contributed by atoms with Gasteiger partial charge in [0.2, 0.25) is 0 Å². The molecule has 0 spiro atoms. The van der Waals surface area contributed by atoms with Gasteiger partial charge in [-0.15, -0.1) is 6.42 Å². The number of rotatable bonds is 5. The van der Waals surface area contributed by atoms with Crippen LogP contribution >= 0.6 is 0 Å².